The molecule has 0 aliphatic rings. The number of aromatic nitrogens is 1. The van der Waals surface area contributed by atoms with E-state index >= 15 is 0 Å². The Bertz CT molecular complexity index is 661. The molecule has 20 heavy (non-hydrogen) atoms. The summed E-state index contributed by atoms with van der Waals surface area (Å²) in [6.07, 6.45) is 2.56. The molecule has 0 fully saturated rings. The first kappa shape index (κ1) is 14.5. The number of halogens is 2. The number of nitrogens with zero attached hydrogens (tertiary/aromatic N) is 1. The molecule has 2 rings (SSSR count). The number of benzene rings is 1. The number of carboxylic acids is 1. The molecule has 1 aromatic heterocycles. The van der Waals surface area contributed by atoms with Gasteiger partial charge in [0.2, 0.25) is 0 Å². The first-order valence-electron chi connectivity index (χ1n) is 5.73. The smallest absolute Gasteiger partial charge is 0.339 e. The van der Waals surface area contributed by atoms with Gasteiger partial charge in [0.05, 0.1) is 6.20 Å². The summed E-state index contributed by atoms with van der Waals surface area (Å²) in [5.41, 5.74) is 1.27. The quantitative estimate of drug-likeness (QED) is 0.924. The van der Waals surface area contributed by atoms with Crippen LogP contribution < -0.4 is 4.74 Å². The van der Waals surface area contributed by atoms with Crippen LogP contribution in [0.4, 0.5) is 4.39 Å². The van der Waals surface area contributed by atoms with Crippen molar-refractivity contribution in [2.24, 2.45) is 0 Å². The van der Waals surface area contributed by atoms with Crippen LogP contribution in [0.15, 0.2) is 35.1 Å². The molecular weight excluding hydrogens is 329 g/mol. The van der Waals surface area contributed by atoms with Crippen molar-refractivity contribution in [3.8, 4) is 5.75 Å². The zero-order chi connectivity index (χ0) is 14.7. The van der Waals surface area contributed by atoms with Gasteiger partial charge in [-0.3, -0.25) is 4.98 Å². The van der Waals surface area contributed by atoms with Crippen LogP contribution in [0.2, 0.25) is 0 Å². The summed E-state index contributed by atoms with van der Waals surface area (Å²) in [4.78, 5) is 14.9. The molecule has 6 heteroatoms. The number of aromatic carboxylic acids is 1. The minimum absolute atomic E-state index is 0.0491. The van der Waals surface area contributed by atoms with E-state index in [0.717, 1.165) is 6.20 Å². The SMILES string of the molecule is Cc1cc(Br)cc(C(=O)O)c1OCc1cncc(F)c1. The number of carbonyl (C=O) groups is 1. The number of pyridine rings is 1. The molecule has 0 radical (unpaired) electrons. The van der Waals surface area contributed by atoms with Crippen molar-refractivity contribution >= 4 is 21.9 Å². The Hall–Kier alpha value is -1.95. The number of aryl methyl sites for hydroxylation is 1. The largest absolute Gasteiger partial charge is 0.488 e. The van der Waals surface area contributed by atoms with Crippen molar-refractivity contribution in [2.45, 2.75) is 13.5 Å². The normalized spacial score (nSPS) is 10.3. The first-order valence-corrected chi connectivity index (χ1v) is 6.52. The Balaban J connectivity index is 2.27. The van der Waals surface area contributed by atoms with Crippen molar-refractivity contribution in [3.63, 3.8) is 0 Å². The average molecular weight is 340 g/mol. The zero-order valence-corrected chi connectivity index (χ0v) is 12.1. The van der Waals surface area contributed by atoms with Gasteiger partial charge in [0.25, 0.3) is 0 Å². The van der Waals surface area contributed by atoms with E-state index in [-0.39, 0.29) is 17.9 Å². The van der Waals surface area contributed by atoms with Crippen LogP contribution in [0.1, 0.15) is 21.5 Å². The number of hydrogen-bond donors (Lipinski definition) is 1. The van der Waals surface area contributed by atoms with Crippen LogP contribution in [-0.4, -0.2) is 16.1 Å². The second-order valence-corrected chi connectivity index (χ2v) is 5.12. The van der Waals surface area contributed by atoms with Crippen molar-refractivity contribution in [3.05, 3.63) is 57.6 Å². The highest BCUT2D eigenvalue weighted by Gasteiger charge is 2.15. The van der Waals surface area contributed by atoms with Crippen LogP contribution in [0, 0.1) is 12.7 Å². The lowest BCUT2D eigenvalue weighted by molar-refractivity contribution is 0.0691. The molecule has 1 aromatic carbocycles. The summed E-state index contributed by atoms with van der Waals surface area (Å²) in [7, 11) is 0. The van der Waals surface area contributed by atoms with Crippen molar-refractivity contribution in [1.82, 2.24) is 4.98 Å². The lowest BCUT2D eigenvalue weighted by Gasteiger charge is -2.12. The molecule has 104 valence electrons. The molecule has 0 saturated heterocycles. The Kier molecular flexibility index (Phi) is 4.34. The predicted molar refractivity (Wildman–Crippen MR) is 74.4 cm³/mol. The molecule has 0 aliphatic carbocycles. The van der Waals surface area contributed by atoms with Gasteiger partial charge >= 0.3 is 5.97 Å². The maximum Gasteiger partial charge on any atom is 0.339 e. The summed E-state index contributed by atoms with van der Waals surface area (Å²) in [6.45, 7) is 1.80. The van der Waals surface area contributed by atoms with Crippen molar-refractivity contribution in [1.29, 1.82) is 0 Å². The second-order valence-electron chi connectivity index (χ2n) is 4.20. The molecule has 0 saturated carbocycles. The maximum atomic E-state index is 13.0. The summed E-state index contributed by atoms with van der Waals surface area (Å²) >= 11 is 3.24. The van der Waals surface area contributed by atoms with E-state index in [1.165, 1.54) is 18.3 Å². The topological polar surface area (TPSA) is 59.4 Å². The second kappa shape index (κ2) is 6.00. The van der Waals surface area contributed by atoms with Gasteiger partial charge < -0.3 is 9.84 Å². The predicted octanol–water partition coefficient (Wildman–Crippen LogP) is 3.57. The van der Waals surface area contributed by atoms with Gasteiger partial charge in [0, 0.05) is 16.2 Å². The molecule has 0 atom stereocenters. The lowest BCUT2D eigenvalue weighted by Crippen LogP contribution is -2.05. The summed E-state index contributed by atoms with van der Waals surface area (Å²) < 4.78 is 19.2. The summed E-state index contributed by atoms with van der Waals surface area (Å²) in [6, 6.07) is 4.52. The third-order valence-electron chi connectivity index (χ3n) is 2.61. The van der Waals surface area contributed by atoms with E-state index < -0.39 is 11.8 Å². The van der Waals surface area contributed by atoms with Crippen LogP contribution in [0.5, 0.6) is 5.75 Å². The fourth-order valence-electron chi connectivity index (χ4n) is 1.77. The Labute approximate surface area is 123 Å². The van der Waals surface area contributed by atoms with Gasteiger partial charge in [-0.25, -0.2) is 9.18 Å². The molecule has 2 aromatic rings. The summed E-state index contributed by atoms with van der Waals surface area (Å²) in [5.74, 6) is -1.27. The monoisotopic (exact) mass is 339 g/mol. The average Bonchev–Trinajstić information content (AvgIpc) is 2.36. The third-order valence-corrected chi connectivity index (χ3v) is 3.07. The van der Waals surface area contributed by atoms with Gasteiger partial charge in [0.15, 0.2) is 0 Å². The zero-order valence-electron chi connectivity index (χ0n) is 10.6. The van der Waals surface area contributed by atoms with Gasteiger partial charge in [-0.1, -0.05) is 15.9 Å². The maximum absolute atomic E-state index is 13.0. The van der Waals surface area contributed by atoms with Gasteiger partial charge in [-0.05, 0) is 30.7 Å². The molecular formula is C14H11BrFNO3. The number of rotatable bonds is 4. The fourth-order valence-corrected chi connectivity index (χ4v) is 2.34. The number of hydrogen-bond acceptors (Lipinski definition) is 3. The van der Waals surface area contributed by atoms with Crippen LogP contribution in [0.3, 0.4) is 0 Å². The minimum Gasteiger partial charge on any atom is -0.488 e. The van der Waals surface area contributed by atoms with E-state index in [1.54, 1.807) is 13.0 Å². The lowest BCUT2D eigenvalue weighted by atomic mass is 10.1. The molecule has 1 heterocycles. The van der Waals surface area contributed by atoms with E-state index in [0.29, 0.717) is 15.6 Å². The minimum atomic E-state index is -1.08. The molecule has 0 bridgehead atoms. The van der Waals surface area contributed by atoms with E-state index in [9.17, 15) is 14.3 Å². The van der Waals surface area contributed by atoms with Crippen molar-refractivity contribution < 1.29 is 19.0 Å². The standard InChI is InChI=1S/C14H11BrFNO3/c1-8-2-10(15)4-12(14(18)19)13(8)20-7-9-3-11(16)6-17-5-9/h2-6H,7H2,1H3,(H,18,19). The third kappa shape index (κ3) is 3.33. The Morgan fingerprint density at radius 1 is 1.40 bits per heavy atom. The Morgan fingerprint density at radius 2 is 2.15 bits per heavy atom. The number of carboxylic acid groups (broad SMARTS) is 1. The first-order chi connectivity index (χ1) is 9.47. The molecule has 4 nitrogen and oxygen atoms in total. The molecule has 0 spiro atoms. The molecule has 0 unspecified atom stereocenters. The van der Waals surface area contributed by atoms with Crippen LogP contribution >= 0.6 is 15.9 Å². The molecule has 1 N–H and O–H groups in total. The highest BCUT2D eigenvalue weighted by Crippen LogP contribution is 2.28. The van der Waals surface area contributed by atoms with E-state index in [4.69, 9.17) is 4.74 Å². The Morgan fingerprint density at radius 3 is 2.80 bits per heavy atom. The fraction of sp³-hybridized carbons (Fsp3) is 0.143. The van der Waals surface area contributed by atoms with Gasteiger partial charge in [0.1, 0.15) is 23.7 Å². The highest BCUT2D eigenvalue weighted by molar-refractivity contribution is 9.10. The van der Waals surface area contributed by atoms with Crippen molar-refractivity contribution in [2.75, 3.05) is 0 Å². The summed E-state index contributed by atoms with van der Waals surface area (Å²) in [5, 5.41) is 9.18. The van der Waals surface area contributed by atoms with Crippen LogP contribution in [0.25, 0.3) is 0 Å². The van der Waals surface area contributed by atoms with E-state index in [2.05, 4.69) is 20.9 Å². The highest BCUT2D eigenvalue weighted by atomic mass is 79.9. The molecule has 0 amide bonds. The van der Waals surface area contributed by atoms with Gasteiger partial charge in [-0.2, -0.15) is 0 Å². The van der Waals surface area contributed by atoms with Crippen LogP contribution in [-0.2, 0) is 6.61 Å². The van der Waals surface area contributed by atoms with Gasteiger partial charge in [-0.15, -0.1) is 0 Å². The number of ether oxygens (including phenoxy) is 1. The molecule has 0 aliphatic heterocycles. The van der Waals surface area contributed by atoms with E-state index in [1.807, 2.05) is 0 Å².